The van der Waals surface area contributed by atoms with E-state index in [2.05, 4.69) is 0 Å². The van der Waals surface area contributed by atoms with Gasteiger partial charge in [0.05, 0.1) is 5.56 Å². The second-order valence-corrected chi connectivity index (χ2v) is 5.76. The third-order valence-electron chi connectivity index (χ3n) is 3.56. The van der Waals surface area contributed by atoms with Crippen molar-refractivity contribution >= 4 is 23.9 Å². The van der Waals surface area contributed by atoms with E-state index in [0.717, 1.165) is 13.8 Å². The first-order chi connectivity index (χ1) is 12.8. The highest BCUT2D eigenvalue weighted by Crippen LogP contribution is 2.29. The van der Waals surface area contributed by atoms with E-state index in [1.807, 2.05) is 0 Å². The van der Waals surface area contributed by atoms with Crippen LogP contribution in [0.2, 0.25) is 0 Å². The minimum absolute atomic E-state index is 0.259. The summed E-state index contributed by atoms with van der Waals surface area (Å²) in [6.07, 6.45) is -4.64. The van der Waals surface area contributed by atoms with Gasteiger partial charge >= 0.3 is 23.9 Å². The van der Waals surface area contributed by atoms with Crippen molar-refractivity contribution in [1.82, 2.24) is 0 Å². The number of hydrogen-bond donors (Lipinski definition) is 0. The van der Waals surface area contributed by atoms with Gasteiger partial charge in [0.15, 0.2) is 6.10 Å². The number of hydrogen-bond acceptors (Lipinski definition) is 9. The molecule has 0 aliphatic carbocycles. The second kappa shape index (κ2) is 9.13. The summed E-state index contributed by atoms with van der Waals surface area (Å²) in [7, 11) is 0. The van der Waals surface area contributed by atoms with Crippen molar-refractivity contribution in [3.05, 3.63) is 35.9 Å². The maximum Gasteiger partial charge on any atom is 0.340 e. The van der Waals surface area contributed by atoms with Crippen LogP contribution < -0.4 is 0 Å². The van der Waals surface area contributed by atoms with Gasteiger partial charge in [-0.05, 0) is 12.1 Å². The van der Waals surface area contributed by atoms with Gasteiger partial charge in [0.2, 0.25) is 12.4 Å². The molecule has 0 aromatic heterocycles. The Bertz CT molecular complexity index is 700. The summed E-state index contributed by atoms with van der Waals surface area (Å²) in [5.74, 6) is -2.64. The standard InChI is InChI=1S/C18H20O9/c1-10(19)23-9-14-15(24-11(2)20)16(25-12(3)21)18(26-14)27-17(22)13-7-5-4-6-8-13/h4-8,14-16,18H,9H2,1-3H3. The smallest absolute Gasteiger partial charge is 0.340 e. The zero-order valence-corrected chi connectivity index (χ0v) is 15.1. The van der Waals surface area contributed by atoms with Gasteiger partial charge in [-0.15, -0.1) is 0 Å². The molecular formula is C18H20O9. The van der Waals surface area contributed by atoms with Crippen molar-refractivity contribution in [3.63, 3.8) is 0 Å². The van der Waals surface area contributed by atoms with Gasteiger partial charge in [-0.25, -0.2) is 4.79 Å². The molecular weight excluding hydrogens is 360 g/mol. The summed E-state index contributed by atoms with van der Waals surface area (Å²) in [6, 6.07) is 8.12. The van der Waals surface area contributed by atoms with Crippen molar-refractivity contribution in [3.8, 4) is 0 Å². The second-order valence-electron chi connectivity index (χ2n) is 5.76. The van der Waals surface area contributed by atoms with Crippen LogP contribution in [0.15, 0.2) is 30.3 Å². The molecule has 1 aliphatic heterocycles. The van der Waals surface area contributed by atoms with Crippen molar-refractivity contribution in [2.75, 3.05) is 6.61 Å². The summed E-state index contributed by atoms with van der Waals surface area (Å²) < 4.78 is 26.1. The Morgan fingerprint density at radius 2 is 1.44 bits per heavy atom. The maximum absolute atomic E-state index is 12.3. The van der Waals surface area contributed by atoms with Crippen LogP contribution in [-0.2, 0) is 38.1 Å². The van der Waals surface area contributed by atoms with Crippen LogP contribution in [0.25, 0.3) is 0 Å². The fourth-order valence-electron chi connectivity index (χ4n) is 2.52. The fourth-order valence-corrected chi connectivity index (χ4v) is 2.52. The minimum atomic E-state index is -1.34. The lowest BCUT2D eigenvalue weighted by atomic mass is 10.1. The Morgan fingerprint density at radius 3 is 2.00 bits per heavy atom. The van der Waals surface area contributed by atoms with E-state index in [-0.39, 0.29) is 12.2 Å². The van der Waals surface area contributed by atoms with Gasteiger partial charge in [0.25, 0.3) is 0 Å². The largest absolute Gasteiger partial charge is 0.463 e. The number of ether oxygens (including phenoxy) is 5. The van der Waals surface area contributed by atoms with Crippen LogP contribution in [-0.4, -0.2) is 55.1 Å². The first-order valence-electron chi connectivity index (χ1n) is 8.17. The van der Waals surface area contributed by atoms with Gasteiger partial charge in [-0.2, -0.15) is 0 Å². The van der Waals surface area contributed by atoms with E-state index in [4.69, 9.17) is 23.7 Å². The summed E-state index contributed by atoms with van der Waals surface area (Å²) in [5.41, 5.74) is 0.259. The van der Waals surface area contributed by atoms with E-state index in [9.17, 15) is 19.2 Å². The molecule has 1 fully saturated rings. The number of carbonyl (C=O) groups excluding carboxylic acids is 4. The maximum atomic E-state index is 12.3. The van der Waals surface area contributed by atoms with E-state index in [0.29, 0.717) is 0 Å². The highest BCUT2D eigenvalue weighted by molar-refractivity contribution is 5.89. The van der Waals surface area contributed by atoms with Crippen molar-refractivity contribution in [2.24, 2.45) is 0 Å². The third-order valence-corrected chi connectivity index (χ3v) is 3.56. The van der Waals surface area contributed by atoms with Crippen LogP contribution in [0.4, 0.5) is 0 Å². The Morgan fingerprint density at radius 1 is 0.852 bits per heavy atom. The fraction of sp³-hybridized carbons (Fsp3) is 0.444. The predicted molar refractivity (Wildman–Crippen MR) is 88.3 cm³/mol. The molecule has 0 amide bonds. The number of benzene rings is 1. The first kappa shape index (κ1) is 20.4. The molecule has 4 atom stereocenters. The lowest BCUT2D eigenvalue weighted by Gasteiger charge is -2.22. The van der Waals surface area contributed by atoms with E-state index >= 15 is 0 Å². The highest BCUT2D eigenvalue weighted by Gasteiger charge is 2.51. The monoisotopic (exact) mass is 380 g/mol. The quantitative estimate of drug-likeness (QED) is 0.526. The van der Waals surface area contributed by atoms with Gasteiger partial charge in [0.1, 0.15) is 12.7 Å². The lowest BCUT2D eigenvalue weighted by molar-refractivity contribution is -0.175. The molecule has 4 unspecified atom stereocenters. The first-order valence-corrected chi connectivity index (χ1v) is 8.17. The molecule has 0 N–H and O–H groups in total. The molecule has 1 aromatic carbocycles. The Balaban J connectivity index is 2.21. The average molecular weight is 380 g/mol. The molecule has 1 aromatic rings. The molecule has 9 nitrogen and oxygen atoms in total. The number of carbonyl (C=O) groups is 4. The number of esters is 4. The molecule has 1 saturated heterocycles. The third kappa shape index (κ3) is 5.78. The lowest BCUT2D eigenvalue weighted by Crippen LogP contribution is -2.42. The average Bonchev–Trinajstić information content (AvgIpc) is 2.89. The normalized spacial score (nSPS) is 24.0. The van der Waals surface area contributed by atoms with Crippen molar-refractivity contribution in [2.45, 2.75) is 45.4 Å². The van der Waals surface area contributed by atoms with Crippen LogP contribution in [0.1, 0.15) is 31.1 Å². The molecule has 0 radical (unpaired) electrons. The Hall–Kier alpha value is -2.94. The molecule has 0 spiro atoms. The summed E-state index contributed by atoms with van der Waals surface area (Å²) >= 11 is 0. The molecule has 1 heterocycles. The van der Waals surface area contributed by atoms with Crippen molar-refractivity contribution < 1.29 is 42.9 Å². The number of rotatable bonds is 6. The topological polar surface area (TPSA) is 114 Å². The molecule has 9 heteroatoms. The van der Waals surface area contributed by atoms with Crippen LogP contribution in [0.3, 0.4) is 0 Å². The van der Waals surface area contributed by atoms with Crippen molar-refractivity contribution in [1.29, 1.82) is 0 Å². The van der Waals surface area contributed by atoms with Gasteiger partial charge in [-0.3, -0.25) is 14.4 Å². The molecule has 0 saturated carbocycles. The summed E-state index contributed by atoms with van der Waals surface area (Å²) in [6.45, 7) is 3.24. The molecule has 146 valence electrons. The van der Waals surface area contributed by atoms with Gasteiger partial charge in [0, 0.05) is 20.8 Å². The van der Waals surface area contributed by atoms with E-state index < -0.39 is 48.5 Å². The molecule has 0 bridgehead atoms. The Kier molecular flexibility index (Phi) is 6.89. The Labute approximate surface area is 155 Å². The van der Waals surface area contributed by atoms with E-state index in [1.165, 1.54) is 19.1 Å². The summed E-state index contributed by atoms with van der Waals surface area (Å²) in [4.78, 5) is 46.3. The molecule has 2 rings (SSSR count). The van der Waals surface area contributed by atoms with Crippen LogP contribution >= 0.6 is 0 Å². The minimum Gasteiger partial charge on any atom is -0.463 e. The van der Waals surface area contributed by atoms with Gasteiger partial charge in [-0.1, -0.05) is 18.2 Å². The zero-order chi connectivity index (χ0) is 20.0. The van der Waals surface area contributed by atoms with Crippen LogP contribution in [0.5, 0.6) is 0 Å². The molecule has 1 aliphatic rings. The van der Waals surface area contributed by atoms with E-state index in [1.54, 1.807) is 18.2 Å². The van der Waals surface area contributed by atoms with Gasteiger partial charge < -0.3 is 23.7 Å². The summed E-state index contributed by atoms with van der Waals surface area (Å²) in [5, 5.41) is 0. The van der Waals surface area contributed by atoms with Crippen LogP contribution in [0, 0.1) is 0 Å². The predicted octanol–water partition coefficient (Wildman–Crippen LogP) is 0.995. The zero-order valence-electron chi connectivity index (χ0n) is 15.1. The molecule has 27 heavy (non-hydrogen) atoms. The highest BCUT2D eigenvalue weighted by atomic mass is 16.8. The SMILES string of the molecule is CC(=O)OCC1OC(OC(=O)c2ccccc2)C(OC(C)=O)C1OC(C)=O.